The molecule has 19 heavy (non-hydrogen) atoms. The van der Waals surface area contributed by atoms with Crippen molar-refractivity contribution in [1.82, 2.24) is 5.32 Å². The summed E-state index contributed by atoms with van der Waals surface area (Å²) in [4.78, 5) is 0. The topological polar surface area (TPSA) is 85.3 Å². The quantitative estimate of drug-likeness (QED) is 0.869. The molecule has 1 heterocycles. The van der Waals surface area contributed by atoms with Gasteiger partial charge < -0.3 is 9.73 Å². The van der Waals surface area contributed by atoms with E-state index < -0.39 is 10.0 Å². The van der Waals surface area contributed by atoms with Gasteiger partial charge in [-0.05, 0) is 24.6 Å². The zero-order chi connectivity index (χ0) is 13.9. The molecule has 5 nitrogen and oxygen atoms in total. The van der Waals surface area contributed by atoms with Crippen molar-refractivity contribution in [1.29, 1.82) is 0 Å². The van der Waals surface area contributed by atoms with E-state index in [2.05, 4.69) is 5.32 Å². The molecule has 0 unspecified atom stereocenters. The molecule has 0 fully saturated rings. The molecule has 6 heteroatoms. The van der Waals surface area contributed by atoms with Crippen LogP contribution in [0.3, 0.4) is 0 Å². The van der Waals surface area contributed by atoms with Crippen molar-refractivity contribution < 1.29 is 12.8 Å². The maximum absolute atomic E-state index is 11.0. The van der Waals surface area contributed by atoms with Crippen molar-refractivity contribution in [2.75, 3.05) is 0 Å². The third-order valence-electron chi connectivity index (χ3n) is 2.67. The maximum Gasteiger partial charge on any atom is 0.271 e. The lowest BCUT2D eigenvalue weighted by molar-refractivity contribution is 0.402. The van der Waals surface area contributed by atoms with E-state index in [1.54, 1.807) is 6.07 Å². The largest absolute Gasteiger partial charge is 0.447 e. The average molecular weight is 280 g/mol. The summed E-state index contributed by atoms with van der Waals surface area (Å²) < 4.78 is 27.2. The fourth-order valence-corrected chi connectivity index (χ4v) is 2.12. The van der Waals surface area contributed by atoms with E-state index in [1.807, 2.05) is 31.2 Å². The van der Waals surface area contributed by atoms with E-state index in [1.165, 1.54) is 11.6 Å². The standard InChI is InChI=1S/C13H16N2O3S/c1-10-2-4-11(5-3-10)8-15-9-12-6-7-13(18-12)19(14,16)17/h2-7,15H,8-9H2,1H3,(H2,14,16,17). The van der Waals surface area contributed by atoms with Crippen molar-refractivity contribution in [2.45, 2.75) is 25.1 Å². The molecular formula is C13H16N2O3S. The SMILES string of the molecule is Cc1ccc(CNCc2ccc(S(N)(=O)=O)o2)cc1. The predicted octanol–water partition coefficient (Wildman–Crippen LogP) is 1.53. The van der Waals surface area contributed by atoms with Crippen LogP contribution < -0.4 is 10.5 Å². The van der Waals surface area contributed by atoms with E-state index in [4.69, 9.17) is 9.56 Å². The van der Waals surface area contributed by atoms with Crippen LogP contribution in [0.15, 0.2) is 45.9 Å². The van der Waals surface area contributed by atoms with Crippen molar-refractivity contribution in [3.63, 3.8) is 0 Å². The smallest absolute Gasteiger partial charge is 0.271 e. The fraction of sp³-hybridized carbons (Fsp3) is 0.231. The van der Waals surface area contributed by atoms with Crippen LogP contribution in [-0.2, 0) is 23.1 Å². The highest BCUT2D eigenvalue weighted by atomic mass is 32.2. The van der Waals surface area contributed by atoms with E-state index in [9.17, 15) is 8.42 Å². The number of nitrogens with two attached hydrogens (primary N) is 1. The highest BCUT2D eigenvalue weighted by molar-refractivity contribution is 7.89. The Labute approximate surface area is 112 Å². The first-order chi connectivity index (χ1) is 8.95. The molecule has 0 aliphatic rings. The van der Waals surface area contributed by atoms with E-state index in [0.29, 0.717) is 18.8 Å². The summed E-state index contributed by atoms with van der Waals surface area (Å²) in [5, 5.41) is 7.93. The molecule has 3 N–H and O–H groups in total. The van der Waals surface area contributed by atoms with Gasteiger partial charge in [-0.3, -0.25) is 0 Å². The molecule has 1 aromatic carbocycles. The van der Waals surface area contributed by atoms with Crippen LogP contribution in [0.1, 0.15) is 16.9 Å². The Morgan fingerprint density at radius 2 is 1.79 bits per heavy atom. The Morgan fingerprint density at radius 1 is 1.11 bits per heavy atom. The van der Waals surface area contributed by atoms with Crippen LogP contribution in [0.25, 0.3) is 0 Å². The number of furan rings is 1. The summed E-state index contributed by atoms with van der Waals surface area (Å²) in [6.07, 6.45) is 0. The van der Waals surface area contributed by atoms with E-state index >= 15 is 0 Å². The summed E-state index contributed by atoms with van der Waals surface area (Å²) in [5.74, 6) is 0.538. The predicted molar refractivity (Wildman–Crippen MR) is 71.8 cm³/mol. The van der Waals surface area contributed by atoms with Gasteiger partial charge >= 0.3 is 0 Å². The first kappa shape index (κ1) is 13.8. The lowest BCUT2D eigenvalue weighted by Gasteiger charge is -2.03. The Bertz CT molecular complexity index is 645. The Kier molecular flexibility index (Phi) is 4.04. The molecule has 2 aromatic rings. The lowest BCUT2D eigenvalue weighted by Crippen LogP contribution is -2.13. The van der Waals surface area contributed by atoms with Crippen LogP contribution in [-0.4, -0.2) is 8.42 Å². The molecule has 0 saturated heterocycles. The summed E-state index contributed by atoms with van der Waals surface area (Å²) in [5.41, 5.74) is 2.37. The first-order valence-electron chi connectivity index (χ1n) is 5.83. The third-order valence-corrected chi connectivity index (χ3v) is 3.45. The molecule has 0 bridgehead atoms. The number of aryl methyl sites for hydroxylation is 1. The van der Waals surface area contributed by atoms with Crippen LogP contribution in [0.5, 0.6) is 0 Å². The molecule has 0 amide bonds. The van der Waals surface area contributed by atoms with Gasteiger partial charge in [0.2, 0.25) is 5.09 Å². The Hall–Kier alpha value is -1.63. The second-order valence-corrected chi connectivity index (χ2v) is 5.85. The molecule has 0 saturated carbocycles. The molecule has 0 aliphatic carbocycles. The van der Waals surface area contributed by atoms with Crippen molar-refractivity contribution >= 4 is 10.0 Å². The number of hydrogen-bond acceptors (Lipinski definition) is 4. The summed E-state index contributed by atoms with van der Waals surface area (Å²) in [7, 11) is -3.76. The summed E-state index contributed by atoms with van der Waals surface area (Å²) in [6.45, 7) is 3.17. The minimum absolute atomic E-state index is 0.209. The van der Waals surface area contributed by atoms with Crippen LogP contribution in [0.4, 0.5) is 0 Å². The maximum atomic E-state index is 11.0. The zero-order valence-electron chi connectivity index (χ0n) is 10.6. The molecule has 1 aromatic heterocycles. The van der Waals surface area contributed by atoms with Crippen molar-refractivity contribution in [3.8, 4) is 0 Å². The molecule has 0 radical (unpaired) electrons. The van der Waals surface area contributed by atoms with Gasteiger partial charge in [-0.1, -0.05) is 29.8 Å². The van der Waals surface area contributed by atoms with Gasteiger partial charge in [0.1, 0.15) is 5.76 Å². The summed E-state index contributed by atoms with van der Waals surface area (Å²) >= 11 is 0. The molecule has 102 valence electrons. The minimum atomic E-state index is -3.76. The van der Waals surface area contributed by atoms with Gasteiger partial charge in [-0.25, -0.2) is 13.6 Å². The van der Waals surface area contributed by atoms with E-state index in [-0.39, 0.29) is 5.09 Å². The van der Waals surface area contributed by atoms with Crippen LogP contribution >= 0.6 is 0 Å². The van der Waals surface area contributed by atoms with Gasteiger partial charge in [0.05, 0.1) is 6.54 Å². The number of benzene rings is 1. The number of sulfonamides is 1. The molecular weight excluding hydrogens is 264 g/mol. The normalized spacial score (nSPS) is 11.7. The molecule has 0 atom stereocenters. The Balaban J connectivity index is 1.89. The van der Waals surface area contributed by atoms with Crippen molar-refractivity contribution in [3.05, 3.63) is 53.3 Å². The second kappa shape index (κ2) is 5.56. The first-order valence-corrected chi connectivity index (χ1v) is 7.37. The number of hydrogen-bond donors (Lipinski definition) is 2. The number of primary sulfonamides is 1. The second-order valence-electron chi connectivity index (χ2n) is 4.35. The molecule has 2 rings (SSSR count). The monoisotopic (exact) mass is 280 g/mol. The summed E-state index contributed by atoms with van der Waals surface area (Å²) in [6, 6.07) is 11.1. The lowest BCUT2D eigenvalue weighted by atomic mass is 10.1. The molecule has 0 spiro atoms. The highest BCUT2D eigenvalue weighted by Gasteiger charge is 2.12. The Morgan fingerprint density at radius 3 is 2.37 bits per heavy atom. The van der Waals surface area contributed by atoms with E-state index in [0.717, 1.165) is 5.56 Å². The van der Waals surface area contributed by atoms with Gasteiger partial charge in [0.25, 0.3) is 10.0 Å². The number of rotatable bonds is 5. The van der Waals surface area contributed by atoms with Gasteiger partial charge in [0.15, 0.2) is 0 Å². The highest BCUT2D eigenvalue weighted by Crippen LogP contribution is 2.12. The van der Waals surface area contributed by atoms with Crippen LogP contribution in [0, 0.1) is 6.92 Å². The van der Waals surface area contributed by atoms with Gasteiger partial charge in [-0.2, -0.15) is 0 Å². The zero-order valence-corrected chi connectivity index (χ0v) is 11.4. The third kappa shape index (κ3) is 3.92. The fourth-order valence-electron chi connectivity index (χ4n) is 1.64. The molecule has 0 aliphatic heterocycles. The van der Waals surface area contributed by atoms with Gasteiger partial charge in [-0.15, -0.1) is 0 Å². The average Bonchev–Trinajstić information content (AvgIpc) is 2.80. The number of nitrogens with one attached hydrogen (secondary N) is 1. The minimum Gasteiger partial charge on any atom is -0.447 e. The van der Waals surface area contributed by atoms with Crippen LogP contribution in [0.2, 0.25) is 0 Å². The van der Waals surface area contributed by atoms with Crippen molar-refractivity contribution in [2.24, 2.45) is 5.14 Å². The van der Waals surface area contributed by atoms with Gasteiger partial charge in [0, 0.05) is 6.54 Å².